The summed E-state index contributed by atoms with van der Waals surface area (Å²) in [4.78, 5) is 11.9. The molecule has 21 heavy (non-hydrogen) atoms. The fourth-order valence-corrected chi connectivity index (χ4v) is 3.02. The van der Waals surface area contributed by atoms with Crippen LogP contribution in [0.15, 0.2) is 18.2 Å². The number of carbonyl (C=O) groups is 1. The lowest BCUT2D eigenvalue weighted by Crippen LogP contribution is -2.31. The smallest absolute Gasteiger partial charge is 0.351 e. The second-order valence-corrected chi connectivity index (χ2v) is 6.08. The number of nitrogens with one attached hydrogen (secondary N) is 1. The molecule has 0 bridgehead atoms. The first-order valence-electron chi connectivity index (χ1n) is 6.49. The van der Waals surface area contributed by atoms with Gasteiger partial charge in [-0.2, -0.15) is 13.2 Å². The Hall–Kier alpha value is -1.11. The number of alkyl halides is 4. The van der Waals surface area contributed by atoms with Gasteiger partial charge in [-0.05, 0) is 36.8 Å². The van der Waals surface area contributed by atoms with E-state index in [1.165, 1.54) is 0 Å². The maximum absolute atomic E-state index is 13.8. The highest BCUT2D eigenvalue weighted by molar-refractivity contribution is 9.09. The molecule has 0 aliphatic heterocycles. The average Bonchev–Trinajstić information content (AvgIpc) is 3.16. The van der Waals surface area contributed by atoms with Crippen LogP contribution in [0.25, 0.3) is 0 Å². The molecule has 2 rings (SSSR count). The molecule has 1 fully saturated rings. The van der Waals surface area contributed by atoms with E-state index in [0.29, 0.717) is 12.6 Å². The zero-order valence-corrected chi connectivity index (χ0v) is 12.7. The van der Waals surface area contributed by atoms with Crippen LogP contribution in [0.4, 0.5) is 17.6 Å². The van der Waals surface area contributed by atoms with Crippen molar-refractivity contribution in [3.8, 4) is 0 Å². The maximum atomic E-state index is 13.8. The van der Waals surface area contributed by atoms with Gasteiger partial charge in [0.2, 0.25) is 0 Å². The van der Waals surface area contributed by atoms with E-state index < -0.39 is 29.0 Å². The van der Waals surface area contributed by atoms with E-state index in [2.05, 4.69) is 21.2 Å². The van der Waals surface area contributed by atoms with Crippen LogP contribution in [0.5, 0.6) is 0 Å². The average molecular weight is 368 g/mol. The standard InChI is InChI=1S/C14H14BrF4NO/c15-7-6-13(4-5-13)8-20-12(21)9-2-1-3-10(11(9)16)14(17,18)19/h1-3H,4-8H2,(H,20,21). The first-order valence-corrected chi connectivity index (χ1v) is 7.61. The normalized spacial score (nSPS) is 16.6. The topological polar surface area (TPSA) is 29.1 Å². The van der Waals surface area contributed by atoms with Crippen LogP contribution in [-0.4, -0.2) is 17.8 Å². The van der Waals surface area contributed by atoms with Gasteiger partial charge >= 0.3 is 6.18 Å². The van der Waals surface area contributed by atoms with Gasteiger partial charge in [-0.3, -0.25) is 4.79 Å². The summed E-state index contributed by atoms with van der Waals surface area (Å²) in [7, 11) is 0. The molecule has 2 nitrogen and oxygen atoms in total. The molecule has 1 saturated carbocycles. The Morgan fingerprint density at radius 2 is 2.00 bits per heavy atom. The largest absolute Gasteiger partial charge is 0.419 e. The molecular formula is C14H14BrF4NO. The predicted octanol–water partition coefficient (Wildman–Crippen LogP) is 4.14. The van der Waals surface area contributed by atoms with E-state index in [1.54, 1.807) is 0 Å². The lowest BCUT2D eigenvalue weighted by atomic mass is 10.0. The highest BCUT2D eigenvalue weighted by Gasteiger charge is 2.42. The van der Waals surface area contributed by atoms with Crippen molar-refractivity contribution >= 4 is 21.8 Å². The summed E-state index contributed by atoms with van der Waals surface area (Å²) in [6.07, 6.45) is -2.01. The molecule has 116 valence electrons. The fraction of sp³-hybridized carbons (Fsp3) is 0.500. The van der Waals surface area contributed by atoms with Crippen molar-refractivity contribution in [1.82, 2.24) is 5.32 Å². The molecular weight excluding hydrogens is 354 g/mol. The van der Waals surface area contributed by atoms with E-state index in [-0.39, 0.29) is 5.41 Å². The summed E-state index contributed by atoms with van der Waals surface area (Å²) in [6.45, 7) is 0.354. The summed E-state index contributed by atoms with van der Waals surface area (Å²) in [5, 5.41) is 3.33. The van der Waals surface area contributed by atoms with Crippen LogP contribution < -0.4 is 5.32 Å². The lowest BCUT2D eigenvalue weighted by molar-refractivity contribution is -0.140. The van der Waals surface area contributed by atoms with E-state index in [4.69, 9.17) is 0 Å². The minimum absolute atomic E-state index is 0.0112. The molecule has 1 aromatic carbocycles. The third kappa shape index (κ3) is 3.75. The van der Waals surface area contributed by atoms with Gasteiger partial charge in [-0.25, -0.2) is 4.39 Å². The van der Waals surface area contributed by atoms with Gasteiger partial charge in [0.05, 0.1) is 11.1 Å². The summed E-state index contributed by atoms with van der Waals surface area (Å²) in [5.41, 5.74) is -1.98. The predicted molar refractivity (Wildman–Crippen MR) is 73.8 cm³/mol. The van der Waals surface area contributed by atoms with Crippen LogP contribution in [0.3, 0.4) is 0 Å². The first kappa shape index (κ1) is 16.3. The minimum Gasteiger partial charge on any atom is -0.351 e. The van der Waals surface area contributed by atoms with Gasteiger partial charge in [-0.1, -0.05) is 22.0 Å². The number of hydrogen-bond donors (Lipinski definition) is 1. The summed E-state index contributed by atoms with van der Waals surface area (Å²) in [6, 6.07) is 2.72. The van der Waals surface area contributed by atoms with Gasteiger partial charge in [0.15, 0.2) is 0 Å². The Labute approximate surface area is 128 Å². The molecule has 0 radical (unpaired) electrons. The van der Waals surface area contributed by atoms with Crippen LogP contribution in [0.1, 0.15) is 35.2 Å². The van der Waals surface area contributed by atoms with Crippen LogP contribution >= 0.6 is 15.9 Å². The summed E-state index contributed by atoms with van der Waals surface area (Å²) < 4.78 is 51.6. The van der Waals surface area contributed by atoms with Crippen molar-refractivity contribution in [2.75, 3.05) is 11.9 Å². The highest BCUT2D eigenvalue weighted by atomic mass is 79.9. The molecule has 0 spiro atoms. The number of hydrogen-bond acceptors (Lipinski definition) is 1. The number of rotatable bonds is 5. The van der Waals surface area contributed by atoms with E-state index >= 15 is 0 Å². The number of halogens is 5. The molecule has 0 saturated heterocycles. The molecule has 1 aliphatic rings. The lowest BCUT2D eigenvalue weighted by Gasteiger charge is -2.15. The van der Waals surface area contributed by atoms with Crippen molar-refractivity contribution in [3.63, 3.8) is 0 Å². The van der Waals surface area contributed by atoms with Gasteiger partial charge in [0, 0.05) is 11.9 Å². The third-order valence-electron chi connectivity index (χ3n) is 3.75. The number of amides is 1. The van der Waals surface area contributed by atoms with Crippen molar-refractivity contribution in [2.45, 2.75) is 25.4 Å². The van der Waals surface area contributed by atoms with Crippen molar-refractivity contribution in [2.24, 2.45) is 5.41 Å². The van der Waals surface area contributed by atoms with Crippen molar-refractivity contribution in [3.05, 3.63) is 35.1 Å². The third-order valence-corrected chi connectivity index (χ3v) is 4.15. The van der Waals surface area contributed by atoms with Crippen LogP contribution in [0, 0.1) is 11.2 Å². The molecule has 1 aromatic rings. The zero-order chi connectivity index (χ0) is 15.7. The van der Waals surface area contributed by atoms with Gasteiger partial charge < -0.3 is 5.32 Å². The van der Waals surface area contributed by atoms with E-state index in [9.17, 15) is 22.4 Å². The van der Waals surface area contributed by atoms with E-state index in [1.807, 2.05) is 0 Å². The Bertz CT molecular complexity index is 540. The van der Waals surface area contributed by atoms with Crippen molar-refractivity contribution in [1.29, 1.82) is 0 Å². The molecule has 0 atom stereocenters. The maximum Gasteiger partial charge on any atom is 0.419 e. The Balaban J connectivity index is 2.10. The first-order chi connectivity index (χ1) is 9.79. The van der Waals surface area contributed by atoms with Crippen LogP contribution in [0.2, 0.25) is 0 Å². The zero-order valence-electron chi connectivity index (χ0n) is 11.1. The highest BCUT2D eigenvalue weighted by Crippen LogP contribution is 2.48. The fourth-order valence-electron chi connectivity index (χ4n) is 2.18. The molecule has 0 unspecified atom stereocenters. The Morgan fingerprint density at radius 1 is 1.33 bits per heavy atom. The Morgan fingerprint density at radius 3 is 2.52 bits per heavy atom. The Kier molecular flexibility index (Phi) is 4.60. The quantitative estimate of drug-likeness (QED) is 0.614. The SMILES string of the molecule is O=C(NCC1(CCBr)CC1)c1cccc(C(F)(F)F)c1F. The van der Waals surface area contributed by atoms with E-state index in [0.717, 1.165) is 36.7 Å². The molecule has 7 heteroatoms. The van der Waals surface area contributed by atoms with Gasteiger partial charge in [0.1, 0.15) is 5.82 Å². The molecule has 0 heterocycles. The van der Waals surface area contributed by atoms with Crippen molar-refractivity contribution < 1.29 is 22.4 Å². The van der Waals surface area contributed by atoms with Crippen LogP contribution in [-0.2, 0) is 6.18 Å². The summed E-state index contributed by atoms with van der Waals surface area (Å²) in [5.74, 6) is -2.33. The van der Waals surface area contributed by atoms with Gasteiger partial charge in [0.25, 0.3) is 5.91 Å². The molecule has 1 aliphatic carbocycles. The number of carbonyl (C=O) groups excluding carboxylic acids is 1. The van der Waals surface area contributed by atoms with Gasteiger partial charge in [-0.15, -0.1) is 0 Å². The summed E-state index contributed by atoms with van der Waals surface area (Å²) >= 11 is 3.32. The second-order valence-electron chi connectivity index (χ2n) is 5.29. The number of benzene rings is 1. The monoisotopic (exact) mass is 367 g/mol. The molecule has 0 aromatic heterocycles. The molecule has 1 N–H and O–H groups in total. The second kappa shape index (κ2) is 5.94. The minimum atomic E-state index is -4.81. The molecule has 1 amide bonds.